The lowest BCUT2D eigenvalue weighted by atomic mass is 10.1. The molecule has 0 aromatic heterocycles. The van der Waals surface area contributed by atoms with Gasteiger partial charge in [0.05, 0.1) is 39.6 Å². The number of aliphatic hydroxyl groups excluding tert-OH is 2. The first-order valence-corrected chi connectivity index (χ1v) is 14.3. The number of rotatable bonds is 18. The van der Waals surface area contributed by atoms with Gasteiger partial charge in [-0.1, -0.05) is 64.7 Å². The average Bonchev–Trinajstić information content (AvgIpc) is 3.65. The molecule has 0 saturated carbocycles. The third kappa shape index (κ3) is 8.07. The molecule has 210 valence electrons. The second-order valence-corrected chi connectivity index (χ2v) is 10.7. The Kier molecular flexibility index (Phi) is 12.2. The molecule has 0 bridgehead atoms. The van der Waals surface area contributed by atoms with Crippen LogP contribution in [0.4, 0.5) is 0 Å². The lowest BCUT2D eigenvalue weighted by Crippen LogP contribution is -2.37. The summed E-state index contributed by atoms with van der Waals surface area (Å²) in [6.07, 6.45) is 10.3. The topological polar surface area (TPSA) is 105 Å². The summed E-state index contributed by atoms with van der Waals surface area (Å²) < 4.78 is 40.8. The third-order valence-corrected chi connectivity index (χ3v) is 7.78. The quantitative estimate of drug-likeness (QED) is 0.266. The van der Waals surface area contributed by atoms with E-state index in [1.54, 1.807) is 0 Å². The van der Waals surface area contributed by atoms with Crippen LogP contribution in [0.15, 0.2) is 0 Å². The normalized spacial score (nSPS) is 36.4. The molecule has 9 atom stereocenters. The van der Waals surface area contributed by atoms with E-state index in [0.29, 0.717) is 19.8 Å². The van der Waals surface area contributed by atoms with Crippen molar-refractivity contribution in [3.63, 3.8) is 0 Å². The van der Waals surface area contributed by atoms with Crippen LogP contribution in [0.2, 0.25) is 0 Å². The standard InChI is InChI=1S/C27H48O9/c1-2-3-4-5-6-7-8-9-10-11-12-30-21-16-35-27-23(18-36-26(21)27)32-14-19(28)13-31-22-17-34-24-20(29)15-33-25(22)24/h19-29H,2-18H2,1H3/t19?,20-,21-,22+,23+,24-,25-,26-,27-/m1/s1. The summed E-state index contributed by atoms with van der Waals surface area (Å²) in [5, 5.41) is 20.2. The molecule has 4 saturated heterocycles. The highest BCUT2D eigenvalue weighted by atomic mass is 16.6. The Hall–Kier alpha value is -0.360. The van der Waals surface area contributed by atoms with Gasteiger partial charge in [0.1, 0.15) is 54.9 Å². The SMILES string of the molecule is CCCCCCCCCCCCO[C@@H]1CO[C@H]2[C@@H]1OC[C@@H]2OCC(O)CO[C@H]1CO[C@H]2[C@@H]1OC[C@H]2O. The Labute approximate surface area is 216 Å². The number of hydrogen-bond acceptors (Lipinski definition) is 9. The van der Waals surface area contributed by atoms with E-state index >= 15 is 0 Å². The fourth-order valence-electron chi connectivity index (χ4n) is 5.64. The highest BCUT2D eigenvalue weighted by Gasteiger charge is 2.49. The van der Waals surface area contributed by atoms with Crippen LogP contribution in [0.5, 0.6) is 0 Å². The van der Waals surface area contributed by atoms with Gasteiger partial charge in [0.2, 0.25) is 0 Å². The van der Waals surface area contributed by atoms with E-state index in [1.165, 1.54) is 57.8 Å². The molecule has 0 aromatic carbocycles. The summed E-state index contributed by atoms with van der Waals surface area (Å²) in [4.78, 5) is 0. The Morgan fingerprint density at radius 3 is 1.64 bits per heavy atom. The lowest BCUT2D eigenvalue weighted by molar-refractivity contribution is -0.101. The molecule has 9 nitrogen and oxygen atoms in total. The molecule has 4 rings (SSSR count). The van der Waals surface area contributed by atoms with E-state index in [9.17, 15) is 10.2 Å². The third-order valence-electron chi connectivity index (χ3n) is 7.78. The highest BCUT2D eigenvalue weighted by Crippen LogP contribution is 2.31. The molecule has 4 aliphatic heterocycles. The second kappa shape index (κ2) is 15.3. The molecule has 1 unspecified atom stereocenters. The molecule has 0 radical (unpaired) electrons. The van der Waals surface area contributed by atoms with Crippen molar-refractivity contribution >= 4 is 0 Å². The summed E-state index contributed by atoms with van der Waals surface area (Å²) in [7, 11) is 0. The minimum Gasteiger partial charge on any atom is -0.388 e. The highest BCUT2D eigenvalue weighted by molar-refractivity contribution is 4.96. The van der Waals surface area contributed by atoms with Crippen molar-refractivity contribution in [2.45, 2.75) is 126 Å². The van der Waals surface area contributed by atoms with E-state index in [1.807, 2.05) is 0 Å². The van der Waals surface area contributed by atoms with Crippen LogP contribution in [0.1, 0.15) is 71.1 Å². The van der Waals surface area contributed by atoms with E-state index in [2.05, 4.69) is 6.92 Å². The maximum Gasteiger partial charge on any atom is 0.115 e. The maximum absolute atomic E-state index is 10.3. The van der Waals surface area contributed by atoms with Crippen molar-refractivity contribution in [3.8, 4) is 0 Å². The van der Waals surface area contributed by atoms with Gasteiger partial charge in [-0.15, -0.1) is 0 Å². The summed E-state index contributed by atoms with van der Waals surface area (Å²) in [5.41, 5.74) is 0. The minimum atomic E-state index is -0.779. The predicted octanol–water partition coefficient (Wildman–Crippen LogP) is 2.38. The molecule has 0 spiro atoms. The molecule has 4 aliphatic rings. The van der Waals surface area contributed by atoms with E-state index in [-0.39, 0.29) is 62.5 Å². The smallest absolute Gasteiger partial charge is 0.115 e. The molecule has 4 heterocycles. The minimum absolute atomic E-state index is 0.0486. The molecule has 4 fully saturated rings. The number of unbranched alkanes of at least 4 members (excludes halogenated alkanes) is 9. The van der Waals surface area contributed by atoms with Crippen LogP contribution in [-0.2, 0) is 33.2 Å². The zero-order chi connectivity index (χ0) is 25.2. The van der Waals surface area contributed by atoms with Crippen molar-refractivity contribution in [2.75, 3.05) is 46.2 Å². The number of hydrogen-bond donors (Lipinski definition) is 2. The second-order valence-electron chi connectivity index (χ2n) is 10.7. The molecule has 36 heavy (non-hydrogen) atoms. The molecule has 0 aliphatic carbocycles. The molecular formula is C27H48O9. The van der Waals surface area contributed by atoms with Crippen LogP contribution in [0.25, 0.3) is 0 Å². The van der Waals surface area contributed by atoms with E-state index in [0.717, 1.165) is 13.0 Å². The largest absolute Gasteiger partial charge is 0.388 e. The van der Waals surface area contributed by atoms with E-state index in [4.69, 9.17) is 33.2 Å². The van der Waals surface area contributed by atoms with Crippen molar-refractivity contribution < 1.29 is 43.4 Å². The number of aliphatic hydroxyl groups is 2. The lowest BCUT2D eigenvalue weighted by Gasteiger charge is -2.21. The summed E-state index contributed by atoms with van der Waals surface area (Å²) in [6, 6.07) is 0. The molecule has 0 aromatic rings. The number of ether oxygens (including phenoxy) is 7. The van der Waals surface area contributed by atoms with Crippen molar-refractivity contribution in [2.24, 2.45) is 0 Å². The van der Waals surface area contributed by atoms with Gasteiger partial charge in [0.15, 0.2) is 0 Å². The van der Waals surface area contributed by atoms with Crippen LogP contribution < -0.4 is 0 Å². The Morgan fingerprint density at radius 2 is 1.06 bits per heavy atom. The monoisotopic (exact) mass is 516 g/mol. The Balaban J connectivity index is 1.02. The first kappa shape index (κ1) is 28.6. The van der Waals surface area contributed by atoms with Crippen molar-refractivity contribution in [1.82, 2.24) is 0 Å². The van der Waals surface area contributed by atoms with Crippen molar-refractivity contribution in [3.05, 3.63) is 0 Å². The van der Waals surface area contributed by atoms with Crippen LogP contribution in [0, 0.1) is 0 Å². The van der Waals surface area contributed by atoms with Gasteiger partial charge in [-0.25, -0.2) is 0 Å². The zero-order valence-electron chi connectivity index (χ0n) is 22.0. The maximum atomic E-state index is 10.3. The first-order chi connectivity index (χ1) is 17.7. The van der Waals surface area contributed by atoms with Crippen LogP contribution in [0.3, 0.4) is 0 Å². The number of fused-ring (bicyclic) bond motifs is 2. The zero-order valence-corrected chi connectivity index (χ0v) is 22.0. The van der Waals surface area contributed by atoms with Gasteiger partial charge < -0.3 is 43.4 Å². The Bertz CT molecular complexity index is 608. The van der Waals surface area contributed by atoms with Gasteiger partial charge in [0, 0.05) is 6.61 Å². The Morgan fingerprint density at radius 1 is 0.611 bits per heavy atom. The first-order valence-electron chi connectivity index (χ1n) is 14.3. The van der Waals surface area contributed by atoms with Gasteiger partial charge >= 0.3 is 0 Å². The van der Waals surface area contributed by atoms with Gasteiger partial charge in [0.25, 0.3) is 0 Å². The average molecular weight is 517 g/mol. The summed E-state index contributed by atoms with van der Waals surface area (Å²) in [5.74, 6) is 0. The van der Waals surface area contributed by atoms with Gasteiger partial charge in [-0.2, -0.15) is 0 Å². The van der Waals surface area contributed by atoms with Crippen molar-refractivity contribution in [1.29, 1.82) is 0 Å². The summed E-state index contributed by atoms with van der Waals surface area (Å²) in [6.45, 7) is 4.83. The van der Waals surface area contributed by atoms with Gasteiger partial charge in [-0.05, 0) is 6.42 Å². The van der Waals surface area contributed by atoms with Crippen LogP contribution >= 0.6 is 0 Å². The fourth-order valence-corrected chi connectivity index (χ4v) is 5.64. The summed E-state index contributed by atoms with van der Waals surface area (Å²) >= 11 is 0. The molecule has 2 N–H and O–H groups in total. The van der Waals surface area contributed by atoms with E-state index < -0.39 is 12.2 Å². The molecule has 0 amide bonds. The van der Waals surface area contributed by atoms with Gasteiger partial charge in [-0.3, -0.25) is 0 Å². The van der Waals surface area contributed by atoms with Crippen LogP contribution in [-0.4, -0.2) is 111 Å². The predicted molar refractivity (Wildman–Crippen MR) is 132 cm³/mol. The molecule has 9 heteroatoms. The fraction of sp³-hybridized carbons (Fsp3) is 1.00. The molecular weight excluding hydrogens is 468 g/mol.